The predicted octanol–water partition coefficient (Wildman–Crippen LogP) is 5.81. The molecule has 2 rings (SSSR count). The van der Waals surface area contributed by atoms with Crippen molar-refractivity contribution in [2.24, 2.45) is 0 Å². The van der Waals surface area contributed by atoms with Gasteiger partial charge < -0.3 is 5.32 Å². The van der Waals surface area contributed by atoms with E-state index in [2.05, 4.69) is 4.74 Å². The molecule has 0 spiro atoms. The van der Waals surface area contributed by atoms with Gasteiger partial charge in [0.2, 0.25) is 0 Å². The number of rotatable bonds is 5. The summed E-state index contributed by atoms with van der Waals surface area (Å²) in [5.41, 5.74) is -0.584. The van der Waals surface area contributed by atoms with Crippen molar-refractivity contribution in [2.45, 2.75) is 30.2 Å². The highest BCUT2D eigenvalue weighted by Crippen LogP contribution is 2.51. The van der Waals surface area contributed by atoms with E-state index in [0.717, 1.165) is 12.1 Å². The molecule has 2 aromatic carbocycles. The number of hydrogen-bond acceptors (Lipinski definition) is 2. The Morgan fingerprint density at radius 2 is 1.27 bits per heavy atom. The van der Waals surface area contributed by atoms with Crippen LogP contribution < -0.4 is 5.32 Å². The van der Waals surface area contributed by atoms with E-state index < -0.39 is 41.8 Å². The summed E-state index contributed by atoms with van der Waals surface area (Å²) in [5, 5.41) is 1.48. The number of carbonyl (C=O) groups excluding carboxylic acids is 1. The largest absolute Gasteiger partial charge is 0.462 e. The van der Waals surface area contributed by atoms with Gasteiger partial charge in [0, 0.05) is 11.1 Å². The van der Waals surface area contributed by atoms with E-state index in [-0.39, 0.29) is 10.8 Å². The first-order chi connectivity index (χ1) is 13.4. The molecule has 0 bridgehead atoms. The Labute approximate surface area is 159 Å². The minimum absolute atomic E-state index is 0.0229. The third-order valence-electron chi connectivity index (χ3n) is 3.68. The first-order valence-corrected chi connectivity index (χ1v) is 7.51. The average Bonchev–Trinajstić information content (AvgIpc) is 2.59. The summed E-state index contributed by atoms with van der Waals surface area (Å²) >= 11 is 0. The van der Waals surface area contributed by atoms with E-state index in [4.69, 9.17) is 0 Å². The lowest BCUT2D eigenvalue weighted by atomic mass is 10.1. The molecule has 1 amide bonds. The first kappa shape index (κ1) is 23.6. The number of alkyl halides is 11. The van der Waals surface area contributed by atoms with Crippen LogP contribution in [0, 0.1) is 0 Å². The number of nitrogens with one attached hydrogen (secondary N) is 1. The second kappa shape index (κ2) is 7.25. The molecule has 1 unspecified atom stereocenters. The third-order valence-corrected chi connectivity index (χ3v) is 3.68. The van der Waals surface area contributed by atoms with E-state index in [1.165, 1.54) is 35.6 Å². The summed E-state index contributed by atoms with van der Waals surface area (Å²) in [7, 11) is 0. The van der Waals surface area contributed by atoms with Crippen molar-refractivity contribution in [3.63, 3.8) is 0 Å². The van der Waals surface area contributed by atoms with Gasteiger partial charge in [0.15, 0.2) is 0 Å². The third kappa shape index (κ3) is 4.00. The molecule has 0 heterocycles. The predicted molar refractivity (Wildman–Crippen MR) is 79.5 cm³/mol. The molecular formula is C16H8F11NO2. The number of ether oxygens (including phenoxy) is 1. The number of carbonyl (C=O) groups is 1. The minimum Gasteiger partial charge on any atom is -0.320 e. The zero-order chi connectivity index (χ0) is 23.2. The highest BCUT2D eigenvalue weighted by atomic mass is 19.4. The van der Waals surface area contributed by atoms with Crippen LogP contribution in [0.5, 0.6) is 0 Å². The van der Waals surface area contributed by atoms with Gasteiger partial charge in [-0.15, -0.1) is 0 Å². The summed E-state index contributed by atoms with van der Waals surface area (Å²) in [6, 6.07) is 8.85. The van der Waals surface area contributed by atoms with Crippen molar-refractivity contribution in [2.75, 3.05) is 5.32 Å². The maximum Gasteiger partial charge on any atom is 0.462 e. The maximum absolute atomic E-state index is 14.3. The molecule has 30 heavy (non-hydrogen) atoms. The molecule has 2 aromatic rings. The molecular weight excluding hydrogens is 447 g/mol. The molecule has 0 aliphatic rings. The second-order valence-corrected chi connectivity index (χ2v) is 5.76. The fourth-order valence-electron chi connectivity index (χ4n) is 2.18. The SMILES string of the molecule is O=C(Nc1cccc2ccccc12)C(F)(OC(F)(F)C(F)(F)C(F)(F)F)C(F)(F)F. The van der Waals surface area contributed by atoms with E-state index in [9.17, 15) is 53.1 Å². The van der Waals surface area contributed by atoms with Crippen LogP contribution in [-0.2, 0) is 9.53 Å². The fourth-order valence-corrected chi connectivity index (χ4v) is 2.18. The number of halogens is 11. The Morgan fingerprint density at radius 1 is 0.733 bits per heavy atom. The van der Waals surface area contributed by atoms with Crippen LogP contribution >= 0.6 is 0 Å². The van der Waals surface area contributed by atoms with Crippen LogP contribution in [0.1, 0.15) is 0 Å². The Hall–Kier alpha value is -2.64. The standard InChI is InChI=1S/C16H8F11NO2/c17-12(14(20,21)22,30-16(26,27)13(18,19)15(23,24)25)11(29)28-10-7-3-5-8-4-1-2-6-9(8)10/h1-7H,(H,28,29). The lowest BCUT2D eigenvalue weighted by molar-refractivity contribution is -0.472. The first-order valence-electron chi connectivity index (χ1n) is 7.51. The Bertz CT molecular complexity index is 933. The molecule has 0 saturated heterocycles. The van der Waals surface area contributed by atoms with Crippen LogP contribution in [0.25, 0.3) is 10.8 Å². The monoisotopic (exact) mass is 455 g/mol. The van der Waals surface area contributed by atoms with Crippen molar-refractivity contribution in [1.82, 2.24) is 0 Å². The van der Waals surface area contributed by atoms with Crippen LogP contribution in [0.4, 0.5) is 54.0 Å². The van der Waals surface area contributed by atoms with Crippen molar-refractivity contribution in [3.8, 4) is 0 Å². The second-order valence-electron chi connectivity index (χ2n) is 5.76. The molecule has 0 saturated carbocycles. The molecule has 3 nitrogen and oxygen atoms in total. The Balaban J connectivity index is 2.47. The van der Waals surface area contributed by atoms with Crippen molar-refractivity contribution in [3.05, 3.63) is 42.5 Å². The molecule has 0 aliphatic carbocycles. The summed E-state index contributed by atoms with van der Waals surface area (Å²) in [4.78, 5) is 11.8. The number of benzene rings is 2. The van der Waals surface area contributed by atoms with Crippen molar-refractivity contribution in [1.29, 1.82) is 0 Å². The molecule has 14 heteroatoms. The number of fused-ring (bicyclic) bond motifs is 1. The van der Waals surface area contributed by atoms with Crippen LogP contribution in [0.3, 0.4) is 0 Å². The molecule has 0 aromatic heterocycles. The number of amides is 1. The minimum atomic E-state index is -7.25. The molecule has 0 radical (unpaired) electrons. The van der Waals surface area contributed by atoms with Crippen molar-refractivity contribution < 1.29 is 57.8 Å². The van der Waals surface area contributed by atoms with Gasteiger partial charge in [-0.1, -0.05) is 36.4 Å². The fraction of sp³-hybridized carbons (Fsp3) is 0.312. The Kier molecular flexibility index (Phi) is 5.71. The average molecular weight is 455 g/mol. The van der Waals surface area contributed by atoms with Crippen molar-refractivity contribution >= 4 is 22.4 Å². The summed E-state index contributed by atoms with van der Waals surface area (Å²) < 4.78 is 144. The zero-order valence-corrected chi connectivity index (χ0v) is 14.0. The molecule has 1 atom stereocenters. The smallest absolute Gasteiger partial charge is 0.320 e. The van der Waals surface area contributed by atoms with Crippen LogP contribution in [-0.4, -0.2) is 36.1 Å². The molecule has 166 valence electrons. The van der Waals surface area contributed by atoms with Gasteiger partial charge in [0.1, 0.15) is 0 Å². The molecule has 1 N–H and O–H groups in total. The van der Waals surface area contributed by atoms with Gasteiger partial charge in [0.05, 0.1) is 0 Å². The Morgan fingerprint density at radius 3 is 1.80 bits per heavy atom. The number of hydrogen-bond donors (Lipinski definition) is 1. The summed E-state index contributed by atoms with van der Waals surface area (Å²) in [6.07, 6.45) is -21.0. The van der Waals surface area contributed by atoms with Gasteiger partial charge >= 0.3 is 30.2 Å². The molecule has 0 fully saturated rings. The lowest BCUT2D eigenvalue weighted by Crippen LogP contribution is -2.62. The van der Waals surface area contributed by atoms with Gasteiger partial charge in [-0.2, -0.15) is 48.3 Å². The normalized spacial score (nSPS) is 15.7. The van der Waals surface area contributed by atoms with Gasteiger partial charge in [-0.05, 0) is 11.5 Å². The van der Waals surface area contributed by atoms with E-state index in [1.54, 1.807) is 0 Å². The lowest BCUT2D eigenvalue weighted by Gasteiger charge is -2.34. The zero-order valence-electron chi connectivity index (χ0n) is 14.0. The van der Waals surface area contributed by atoms with E-state index in [0.29, 0.717) is 0 Å². The van der Waals surface area contributed by atoms with Gasteiger partial charge in [-0.25, -0.2) is 0 Å². The summed E-state index contributed by atoms with van der Waals surface area (Å²) in [6.45, 7) is 0. The topological polar surface area (TPSA) is 38.3 Å². The quantitative estimate of drug-likeness (QED) is 0.578. The van der Waals surface area contributed by atoms with Gasteiger partial charge in [0.25, 0.3) is 5.91 Å². The summed E-state index contributed by atoms with van der Waals surface area (Å²) in [5.74, 6) is -16.6. The van der Waals surface area contributed by atoms with Crippen LogP contribution in [0.2, 0.25) is 0 Å². The van der Waals surface area contributed by atoms with Crippen LogP contribution in [0.15, 0.2) is 42.5 Å². The highest BCUT2D eigenvalue weighted by molar-refractivity contribution is 6.04. The highest BCUT2D eigenvalue weighted by Gasteiger charge is 2.79. The van der Waals surface area contributed by atoms with Gasteiger partial charge in [-0.3, -0.25) is 9.53 Å². The maximum atomic E-state index is 14.3. The molecule has 0 aliphatic heterocycles. The van der Waals surface area contributed by atoms with E-state index in [1.807, 2.05) is 0 Å². The van der Waals surface area contributed by atoms with E-state index >= 15 is 0 Å². The number of anilines is 1.